The highest BCUT2D eigenvalue weighted by Gasteiger charge is 2.21. The van der Waals surface area contributed by atoms with Crippen LogP contribution in [-0.2, 0) is 4.74 Å². The van der Waals surface area contributed by atoms with Gasteiger partial charge in [-0.2, -0.15) is 0 Å². The summed E-state index contributed by atoms with van der Waals surface area (Å²) in [5.74, 6) is 1.37. The highest BCUT2D eigenvalue weighted by Crippen LogP contribution is 2.36. The third kappa shape index (κ3) is 3.45. The summed E-state index contributed by atoms with van der Waals surface area (Å²) >= 11 is 6.09. The van der Waals surface area contributed by atoms with E-state index in [1.54, 1.807) is 20.3 Å². The Kier molecular flexibility index (Phi) is 4.77. The number of hydrogen-bond acceptors (Lipinski definition) is 4. The molecule has 2 atom stereocenters. The quantitative estimate of drug-likeness (QED) is 0.921. The summed E-state index contributed by atoms with van der Waals surface area (Å²) in [6, 6.07) is 4.02. The molecule has 2 rings (SSSR count). The smallest absolute Gasteiger partial charge is 0.143 e. The summed E-state index contributed by atoms with van der Waals surface area (Å²) in [5, 5.41) is 4.04. The maximum absolute atomic E-state index is 6.09. The third-order valence-electron chi connectivity index (χ3n) is 3.32. The molecule has 1 aliphatic rings. The van der Waals surface area contributed by atoms with Gasteiger partial charge in [0.25, 0.3) is 0 Å². The van der Waals surface area contributed by atoms with E-state index < -0.39 is 0 Å². The van der Waals surface area contributed by atoms with E-state index >= 15 is 0 Å². The van der Waals surface area contributed by atoms with E-state index in [4.69, 9.17) is 25.8 Å². The van der Waals surface area contributed by atoms with Crippen molar-refractivity contribution in [1.29, 1.82) is 0 Å². The molecule has 106 valence electrons. The van der Waals surface area contributed by atoms with E-state index in [0.717, 1.165) is 30.9 Å². The lowest BCUT2D eigenvalue weighted by molar-refractivity contribution is 0.0232. The Hall–Kier alpha value is -1.13. The Balaban J connectivity index is 2.18. The van der Waals surface area contributed by atoms with Gasteiger partial charge < -0.3 is 19.5 Å². The fourth-order valence-corrected chi connectivity index (χ4v) is 2.55. The van der Waals surface area contributed by atoms with Gasteiger partial charge in [0.05, 0.1) is 31.0 Å². The Morgan fingerprint density at radius 3 is 2.63 bits per heavy atom. The average molecular weight is 286 g/mol. The van der Waals surface area contributed by atoms with E-state index in [-0.39, 0.29) is 6.10 Å². The number of hydrogen-bond donors (Lipinski definition) is 1. The van der Waals surface area contributed by atoms with Crippen LogP contribution in [0.25, 0.3) is 0 Å². The first-order valence-corrected chi connectivity index (χ1v) is 6.81. The summed E-state index contributed by atoms with van der Waals surface area (Å²) in [4.78, 5) is 0. The normalized spacial score (nSPS) is 22.9. The van der Waals surface area contributed by atoms with Gasteiger partial charge in [0, 0.05) is 24.8 Å². The Bertz CT molecular complexity index is 439. The molecule has 4 nitrogen and oxygen atoms in total. The highest BCUT2D eigenvalue weighted by atomic mass is 35.5. The largest absolute Gasteiger partial charge is 0.495 e. The molecule has 0 bridgehead atoms. The molecular weight excluding hydrogens is 266 g/mol. The van der Waals surface area contributed by atoms with Crippen LogP contribution in [0.4, 0.5) is 5.69 Å². The molecule has 1 aromatic carbocycles. The van der Waals surface area contributed by atoms with Crippen LogP contribution in [0.3, 0.4) is 0 Å². The van der Waals surface area contributed by atoms with Gasteiger partial charge in [0.15, 0.2) is 0 Å². The SMILES string of the molecule is COc1cc(NC2CCOC(C)C2)c(OC)cc1Cl. The molecule has 1 aromatic rings. The number of nitrogens with one attached hydrogen (secondary N) is 1. The van der Waals surface area contributed by atoms with Crippen molar-refractivity contribution in [3.05, 3.63) is 17.2 Å². The van der Waals surface area contributed by atoms with Gasteiger partial charge in [-0.25, -0.2) is 0 Å². The Morgan fingerprint density at radius 2 is 2.00 bits per heavy atom. The fourth-order valence-electron chi connectivity index (χ4n) is 2.32. The maximum atomic E-state index is 6.09. The molecular formula is C14H20ClNO3. The van der Waals surface area contributed by atoms with Crippen LogP contribution in [0.15, 0.2) is 12.1 Å². The zero-order valence-electron chi connectivity index (χ0n) is 11.5. The minimum absolute atomic E-state index is 0.284. The predicted molar refractivity (Wildman–Crippen MR) is 76.6 cm³/mol. The lowest BCUT2D eigenvalue weighted by Gasteiger charge is -2.29. The lowest BCUT2D eigenvalue weighted by atomic mass is 10.0. The summed E-state index contributed by atoms with van der Waals surface area (Å²) < 4.78 is 16.2. The van der Waals surface area contributed by atoms with Crippen LogP contribution in [0, 0.1) is 0 Å². The van der Waals surface area contributed by atoms with E-state index in [9.17, 15) is 0 Å². The summed E-state index contributed by atoms with van der Waals surface area (Å²) in [6.07, 6.45) is 2.25. The van der Waals surface area contributed by atoms with Gasteiger partial charge in [-0.15, -0.1) is 0 Å². The molecule has 1 aliphatic heterocycles. The second kappa shape index (κ2) is 6.35. The first-order chi connectivity index (χ1) is 9.13. The molecule has 1 N–H and O–H groups in total. The van der Waals surface area contributed by atoms with Crippen LogP contribution in [0.2, 0.25) is 5.02 Å². The summed E-state index contributed by atoms with van der Waals surface area (Å²) in [6.45, 7) is 2.87. The zero-order valence-corrected chi connectivity index (χ0v) is 12.3. The van der Waals surface area contributed by atoms with Crippen molar-refractivity contribution in [2.24, 2.45) is 0 Å². The van der Waals surface area contributed by atoms with Crippen molar-refractivity contribution in [2.45, 2.75) is 31.9 Å². The van der Waals surface area contributed by atoms with Crippen LogP contribution in [-0.4, -0.2) is 33.0 Å². The molecule has 1 fully saturated rings. The van der Waals surface area contributed by atoms with E-state index in [0.29, 0.717) is 16.8 Å². The second-order valence-corrected chi connectivity index (χ2v) is 5.14. The summed E-state index contributed by atoms with van der Waals surface area (Å²) in [7, 11) is 3.24. The van der Waals surface area contributed by atoms with Crippen molar-refractivity contribution < 1.29 is 14.2 Å². The maximum Gasteiger partial charge on any atom is 0.143 e. The van der Waals surface area contributed by atoms with Gasteiger partial charge in [0.2, 0.25) is 0 Å². The van der Waals surface area contributed by atoms with Crippen molar-refractivity contribution in [3.63, 3.8) is 0 Å². The van der Waals surface area contributed by atoms with Gasteiger partial charge in [0.1, 0.15) is 11.5 Å². The Labute approximate surface area is 119 Å². The van der Waals surface area contributed by atoms with Crippen molar-refractivity contribution >= 4 is 17.3 Å². The number of halogens is 1. The monoisotopic (exact) mass is 285 g/mol. The topological polar surface area (TPSA) is 39.7 Å². The van der Waals surface area contributed by atoms with Gasteiger partial charge in [-0.05, 0) is 19.8 Å². The van der Waals surface area contributed by atoms with Crippen molar-refractivity contribution in [3.8, 4) is 11.5 Å². The summed E-state index contributed by atoms with van der Waals surface area (Å²) in [5.41, 5.74) is 0.905. The number of ether oxygens (including phenoxy) is 3. The molecule has 1 saturated heterocycles. The second-order valence-electron chi connectivity index (χ2n) is 4.73. The van der Waals surface area contributed by atoms with Gasteiger partial charge >= 0.3 is 0 Å². The van der Waals surface area contributed by atoms with Crippen LogP contribution < -0.4 is 14.8 Å². The van der Waals surface area contributed by atoms with Crippen LogP contribution >= 0.6 is 11.6 Å². The highest BCUT2D eigenvalue weighted by molar-refractivity contribution is 6.32. The zero-order chi connectivity index (χ0) is 13.8. The lowest BCUT2D eigenvalue weighted by Crippen LogP contribution is -2.32. The van der Waals surface area contributed by atoms with E-state index in [2.05, 4.69) is 12.2 Å². The van der Waals surface area contributed by atoms with Gasteiger partial charge in [-0.1, -0.05) is 11.6 Å². The van der Waals surface area contributed by atoms with Gasteiger partial charge in [-0.3, -0.25) is 0 Å². The number of anilines is 1. The average Bonchev–Trinajstić information content (AvgIpc) is 2.40. The van der Waals surface area contributed by atoms with Crippen molar-refractivity contribution in [2.75, 3.05) is 26.1 Å². The minimum Gasteiger partial charge on any atom is -0.495 e. The molecule has 0 amide bonds. The minimum atomic E-state index is 0.284. The molecule has 0 spiro atoms. The number of benzene rings is 1. The fraction of sp³-hybridized carbons (Fsp3) is 0.571. The molecule has 19 heavy (non-hydrogen) atoms. The molecule has 0 radical (unpaired) electrons. The number of methoxy groups -OCH3 is 2. The molecule has 1 heterocycles. The first kappa shape index (κ1) is 14.3. The standard InChI is InChI=1S/C14H20ClNO3/c1-9-6-10(4-5-19-9)16-12-8-13(17-2)11(15)7-14(12)18-3/h7-10,16H,4-6H2,1-3H3. The first-order valence-electron chi connectivity index (χ1n) is 6.43. The molecule has 0 aliphatic carbocycles. The molecule has 2 unspecified atom stereocenters. The van der Waals surface area contributed by atoms with Crippen LogP contribution in [0.5, 0.6) is 11.5 Å². The molecule has 0 saturated carbocycles. The Morgan fingerprint density at radius 1 is 1.26 bits per heavy atom. The van der Waals surface area contributed by atoms with Crippen LogP contribution in [0.1, 0.15) is 19.8 Å². The molecule has 5 heteroatoms. The predicted octanol–water partition coefficient (Wildman–Crippen LogP) is 3.34. The number of rotatable bonds is 4. The molecule has 0 aromatic heterocycles. The van der Waals surface area contributed by atoms with E-state index in [1.807, 2.05) is 6.07 Å². The van der Waals surface area contributed by atoms with Crippen molar-refractivity contribution in [1.82, 2.24) is 0 Å². The van der Waals surface area contributed by atoms with E-state index in [1.165, 1.54) is 0 Å². The third-order valence-corrected chi connectivity index (χ3v) is 3.61.